The third-order valence-electron chi connectivity index (χ3n) is 2.93. The molecule has 4 nitrogen and oxygen atoms in total. The Labute approximate surface area is 103 Å². The lowest BCUT2D eigenvalue weighted by molar-refractivity contribution is 0.0885. The highest BCUT2D eigenvalue weighted by molar-refractivity contribution is 9.10. The third-order valence-corrected chi connectivity index (χ3v) is 3.55. The smallest absolute Gasteiger partial charge is 0.288 e. The lowest BCUT2D eigenvalue weighted by atomic mass is 9.95. The second-order valence-corrected chi connectivity index (χ2v) is 5.00. The van der Waals surface area contributed by atoms with Crippen molar-refractivity contribution in [2.75, 3.05) is 13.1 Å². The van der Waals surface area contributed by atoms with Gasteiger partial charge >= 0.3 is 0 Å². The van der Waals surface area contributed by atoms with E-state index in [1.807, 2.05) is 0 Å². The zero-order valence-corrected chi connectivity index (χ0v) is 10.7. The monoisotopic (exact) mass is 286 g/mol. The molecule has 1 saturated heterocycles. The van der Waals surface area contributed by atoms with E-state index in [9.17, 15) is 4.79 Å². The van der Waals surface area contributed by atoms with Gasteiger partial charge in [-0.25, -0.2) is 0 Å². The molecule has 0 bridgehead atoms. The van der Waals surface area contributed by atoms with Crippen molar-refractivity contribution >= 4 is 21.8 Å². The first-order chi connectivity index (χ1) is 7.68. The number of hydrogen-bond donors (Lipinski definition) is 2. The van der Waals surface area contributed by atoms with Gasteiger partial charge in [0.2, 0.25) is 5.76 Å². The van der Waals surface area contributed by atoms with Crippen molar-refractivity contribution < 1.29 is 9.21 Å². The first kappa shape index (κ1) is 11.7. The molecule has 1 aliphatic rings. The summed E-state index contributed by atoms with van der Waals surface area (Å²) >= 11 is 3.28. The second kappa shape index (κ2) is 5.01. The topological polar surface area (TPSA) is 54.3 Å². The van der Waals surface area contributed by atoms with Gasteiger partial charge in [0, 0.05) is 6.04 Å². The third kappa shape index (κ3) is 2.47. The van der Waals surface area contributed by atoms with E-state index in [-0.39, 0.29) is 11.9 Å². The Bertz CT molecular complexity index is 378. The predicted octanol–water partition coefficient (Wildman–Crippen LogP) is 1.77. The van der Waals surface area contributed by atoms with E-state index >= 15 is 0 Å². The zero-order valence-electron chi connectivity index (χ0n) is 9.13. The molecule has 1 aromatic heterocycles. The number of nitrogens with one attached hydrogen (secondary N) is 2. The van der Waals surface area contributed by atoms with E-state index in [0.29, 0.717) is 16.2 Å². The fraction of sp³-hybridized carbons (Fsp3) is 0.545. The number of piperidine rings is 1. The van der Waals surface area contributed by atoms with Crippen LogP contribution in [-0.2, 0) is 0 Å². The molecule has 88 valence electrons. The summed E-state index contributed by atoms with van der Waals surface area (Å²) < 4.78 is 5.83. The van der Waals surface area contributed by atoms with Gasteiger partial charge in [0.1, 0.15) is 0 Å². The molecule has 2 unspecified atom stereocenters. The normalized spacial score (nSPS) is 25.4. The SMILES string of the molecule is CC1CNCCC1NC(=O)c1occc1Br. The van der Waals surface area contributed by atoms with E-state index in [1.54, 1.807) is 6.07 Å². The lowest BCUT2D eigenvalue weighted by Gasteiger charge is -2.29. The molecule has 0 aliphatic carbocycles. The summed E-state index contributed by atoms with van der Waals surface area (Å²) in [5, 5.41) is 6.31. The Morgan fingerprint density at radius 3 is 3.12 bits per heavy atom. The van der Waals surface area contributed by atoms with Crippen molar-refractivity contribution in [1.82, 2.24) is 10.6 Å². The average molecular weight is 287 g/mol. The van der Waals surface area contributed by atoms with Gasteiger partial charge in [0.05, 0.1) is 10.7 Å². The summed E-state index contributed by atoms with van der Waals surface area (Å²) in [6, 6.07) is 1.95. The Hall–Kier alpha value is -0.810. The standard InChI is InChI=1S/C11H15BrN2O2/c1-7-6-13-4-2-9(7)14-11(15)10-8(12)3-5-16-10/h3,5,7,9,13H,2,4,6H2,1H3,(H,14,15). The average Bonchev–Trinajstić information content (AvgIpc) is 2.68. The first-order valence-corrected chi connectivity index (χ1v) is 6.22. The molecule has 2 N–H and O–H groups in total. The van der Waals surface area contributed by atoms with E-state index < -0.39 is 0 Å². The minimum atomic E-state index is -0.143. The van der Waals surface area contributed by atoms with Crippen molar-refractivity contribution in [3.8, 4) is 0 Å². The number of hydrogen-bond acceptors (Lipinski definition) is 3. The Morgan fingerprint density at radius 2 is 2.50 bits per heavy atom. The van der Waals surface area contributed by atoms with Crippen LogP contribution in [0.1, 0.15) is 23.9 Å². The number of amides is 1. The van der Waals surface area contributed by atoms with Gasteiger partial charge in [0.15, 0.2) is 0 Å². The molecule has 1 amide bonds. The molecule has 1 aromatic rings. The Balaban J connectivity index is 1.99. The highest BCUT2D eigenvalue weighted by Gasteiger charge is 2.24. The number of carbonyl (C=O) groups is 1. The molecule has 1 aliphatic heterocycles. The van der Waals surface area contributed by atoms with Gasteiger partial charge in [0.25, 0.3) is 5.91 Å². The minimum Gasteiger partial charge on any atom is -0.458 e. The zero-order chi connectivity index (χ0) is 11.5. The van der Waals surface area contributed by atoms with E-state index in [4.69, 9.17) is 4.42 Å². The summed E-state index contributed by atoms with van der Waals surface area (Å²) in [5.41, 5.74) is 0. The molecular formula is C11H15BrN2O2. The van der Waals surface area contributed by atoms with Crippen molar-refractivity contribution in [1.29, 1.82) is 0 Å². The number of carbonyl (C=O) groups excluding carboxylic acids is 1. The molecule has 0 spiro atoms. The summed E-state index contributed by atoms with van der Waals surface area (Å²) in [6.45, 7) is 4.03. The van der Waals surface area contributed by atoms with E-state index in [1.165, 1.54) is 6.26 Å². The minimum absolute atomic E-state index is 0.143. The maximum atomic E-state index is 11.9. The van der Waals surface area contributed by atoms with Crippen LogP contribution in [0, 0.1) is 5.92 Å². The van der Waals surface area contributed by atoms with Crippen molar-refractivity contribution in [3.63, 3.8) is 0 Å². The molecule has 0 aromatic carbocycles. The van der Waals surface area contributed by atoms with Crippen LogP contribution in [0.3, 0.4) is 0 Å². The molecule has 0 radical (unpaired) electrons. The van der Waals surface area contributed by atoms with Gasteiger partial charge < -0.3 is 15.1 Å². The fourth-order valence-corrected chi connectivity index (χ4v) is 2.30. The molecule has 1 fully saturated rings. The van der Waals surface area contributed by atoms with Crippen LogP contribution >= 0.6 is 15.9 Å². The predicted molar refractivity (Wildman–Crippen MR) is 64.3 cm³/mol. The Morgan fingerprint density at radius 1 is 1.69 bits per heavy atom. The molecular weight excluding hydrogens is 272 g/mol. The first-order valence-electron chi connectivity index (χ1n) is 5.43. The van der Waals surface area contributed by atoms with Gasteiger partial charge in [-0.15, -0.1) is 0 Å². The largest absolute Gasteiger partial charge is 0.458 e. The van der Waals surface area contributed by atoms with Crippen LogP contribution in [0.5, 0.6) is 0 Å². The van der Waals surface area contributed by atoms with Crippen LogP contribution in [0.25, 0.3) is 0 Å². The number of rotatable bonds is 2. The molecule has 5 heteroatoms. The van der Waals surface area contributed by atoms with Gasteiger partial charge in [-0.1, -0.05) is 6.92 Å². The number of halogens is 1. The van der Waals surface area contributed by atoms with Crippen molar-refractivity contribution in [2.45, 2.75) is 19.4 Å². The van der Waals surface area contributed by atoms with E-state index in [0.717, 1.165) is 19.5 Å². The quantitative estimate of drug-likeness (QED) is 0.871. The molecule has 2 heterocycles. The van der Waals surface area contributed by atoms with Crippen LogP contribution in [0.15, 0.2) is 21.2 Å². The van der Waals surface area contributed by atoms with Crippen LogP contribution < -0.4 is 10.6 Å². The van der Waals surface area contributed by atoms with Crippen LogP contribution in [-0.4, -0.2) is 25.0 Å². The summed E-state index contributed by atoms with van der Waals surface area (Å²) in [4.78, 5) is 11.9. The van der Waals surface area contributed by atoms with Gasteiger partial charge in [-0.3, -0.25) is 4.79 Å². The van der Waals surface area contributed by atoms with Crippen LogP contribution in [0.2, 0.25) is 0 Å². The second-order valence-electron chi connectivity index (χ2n) is 4.15. The number of furan rings is 1. The summed E-state index contributed by atoms with van der Waals surface area (Å²) in [6.07, 6.45) is 2.47. The maximum Gasteiger partial charge on any atom is 0.288 e. The lowest BCUT2D eigenvalue weighted by Crippen LogP contribution is -2.48. The highest BCUT2D eigenvalue weighted by Crippen LogP contribution is 2.18. The molecule has 0 saturated carbocycles. The molecule has 2 rings (SSSR count). The molecule has 16 heavy (non-hydrogen) atoms. The van der Waals surface area contributed by atoms with Gasteiger partial charge in [-0.2, -0.15) is 0 Å². The van der Waals surface area contributed by atoms with Crippen LogP contribution in [0.4, 0.5) is 0 Å². The fourth-order valence-electron chi connectivity index (χ4n) is 1.92. The highest BCUT2D eigenvalue weighted by atomic mass is 79.9. The molecule has 2 atom stereocenters. The van der Waals surface area contributed by atoms with Gasteiger partial charge in [-0.05, 0) is 47.4 Å². The van der Waals surface area contributed by atoms with E-state index in [2.05, 4.69) is 33.5 Å². The summed E-state index contributed by atoms with van der Waals surface area (Å²) in [7, 11) is 0. The van der Waals surface area contributed by atoms with Crippen molar-refractivity contribution in [2.24, 2.45) is 5.92 Å². The maximum absolute atomic E-state index is 11.9. The van der Waals surface area contributed by atoms with Crippen molar-refractivity contribution in [3.05, 3.63) is 22.6 Å². The summed E-state index contributed by atoms with van der Waals surface area (Å²) in [5.74, 6) is 0.660. The Kier molecular flexibility index (Phi) is 3.66.